The van der Waals surface area contributed by atoms with Crippen molar-refractivity contribution in [1.82, 2.24) is 5.48 Å². The number of carboxylic acid groups (broad SMARTS) is 2. The Morgan fingerprint density at radius 3 is 2.42 bits per heavy atom. The number of halogens is 1. The van der Waals surface area contributed by atoms with E-state index in [1.165, 1.54) is 23.7 Å². The van der Waals surface area contributed by atoms with Crippen LogP contribution in [0.4, 0.5) is 0 Å². The van der Waals surface area contributed by atoms with Gasteiger partial charge in [-0.05, 0) is 36.6 Å². The van der Waals surface area contributed by atoms with E-state index in [0.29, 0.717) is 18.4 Å². The van der Waals surface area contributed by atoms with Gasteiger partial charge in [-0.15, -0.1) is 0 Å². The smallest absolute Gasteiger partial charge is 0.335 e. The lowest BCUT2D eigenvalue weighted by atomic mass is 9.92. The number of hydrogen-bond acceptors (Lipinski definition) is 5. The van der Waals surface area contributed by atoms with E-state index in [4.69, 9.17) is 21.9 Å². The molecule has 1 aromatic rings. The van der Waals surface area contributed by atoms with Gasteiger partial charge in [-0.2, -0.15) is 12.6 Å². The first-order valence-corrected chi connectivity index (χ1v) is 8.04. The zero-order valence-corrected chi connectivity index (χ0v) is 14.3. The third kappa shape index (κ3) is 5.70. The van der Waals surface area contributed by atoms with Gasteiger partial charge in [0.2, 0.25) is 5.91 Å². The number of aliphatic carboxylic acids is 1. The zero-order valence-electron chi connectivity index (χ0n) is 12.6. The molecule has 0 heterocycles. The van der Waals surface area contributed by atoms with Gasteiger partial charge < -0.3 is 10.2 Å². The minimum Gasteiger partial charge on any atom is -0.481 e. The number of nitrogens with one attached hydrogen (secondary N) is 1. The Balaban J connectivity index is 2.85. The van der Waals surface area contributed by atoms with Gasteiger partial charge in [0.15, 0.2) is 0 Å². The largest absolute Gasteiger partial charge is 0.481 e. The lowest BCUT2D eigenvalue weighted by Gasteiger charge is -2.21. The van der Waals surface area contributed by atoms with Gasteiger partial charge in [0.1, 0.15) is 0 Å². The van der Waals surface area contributed by atoms with E-state index in [9.17, 15) is 19.5 Å². The van der Waals surface area contributed by atoms with Crippen molar-refractivity contribution >= 4 is 42.1 Å². The molecule has 132 valence electrons. The molecular weight excluding hydrogens is 358 g/mol. The van der Waals surface area contributed by atoms with Gasteiger partial charge in [0.25, 0.3) is 0 Å². The molecule has 0 radical (unpaired) electrons. The first-order valence-electron chi connectivity index (χ1n) is 7.14. The van der Waals surface area contributed by atoms with Crippen LogP contribution < -0.4 is 5.48 Å². The summed E-state index contributed by atoms with van der Waals surface area (Å²) in [7, 11) is 0. The SMILES string of the molecule is O=C(CCCCC(C(=O)O)C(S)c1cc(C(=O)O)ccc1Cl)NO. The van der Waals surface area contributed by atoms with Crippen molar-refractivity contribution in [1.29, 1.82) is 0 Å². The number of thiol groups is 1. The molecule has 2 atom stereocenters. The Morgan fingerprint density at radius 1 is 1.21 bits per heavy atom. The van der Waals surface area contributed by atoms with Gasteiger partial charge in [-0.1, -0.05) is 18.0 Å². The predicted molar refractivity (Wildman–Crippen MR) is 89.7 cm³/mol. The van der Waals surface area contributed by atoms with E-state index in [0.717, 1.165) is 0 Å². The maximum Gasteiger partial charge on any atom is 0.335 e. The van der Waals surface area contributed by atoms with E-state index in [2.05, 4.69) is 12.6 Å². The number of carbonyl (C=O) groups is 3. The van der Waals surface area contributed by atoms with Crippen molar-refractivity contribution in [2.45, 2.75) is 30.9 Å². The average molecular weight is 376 g/mol. The minimum atomic E-state index is -1.14. The highest BCUT2D eigenvalue weighted by atomic mass is 35.5. The first kappa shape index (κ1) is 20.3. The molecule has 0 spiro atoms. The Kier molecular flexibility index (Phi) is 8.03. The van der Waals surface area contributed by atoms with Crippen molar-refractivity contribution in [2.24, 2.45) is 5.92 Å². The Bertz CT molecular complexity index is 624. The van der Waals surface area contributed by atoms with Crippen molar-refractivity contribution in [3.63, 3.8) is 0 Å². The molecule has 1 aromatic carbocycles. The predicted octanol–water partition coefficient (Wildman–Crippen LogP) is 2.78. The summed E-state index contributed by atoms with van der Waals surface area (Å²) in [5.74, 6) is -3.66. The lowest BCUT2D eigenvalue weighted by molar-refractivity contribution is -0.142. The van der Waals surface area contributed by atoms with E-state index < -0.39 is 29.0 Å². The molecule has 0 aliphatic heterocycles. The number of carbonyl (C=O) groups excluding carboxylic acids is 1. The summed E-state index contributed by atoms with van der Waals surface area (Å²) >= 11 is 10.4. The van der Waals surface area contributed by atoms with Crippen molar-refractivity contribution in [3.05, 3.63) is 34.3 Å². The van der Waals surface area contributed by atoms with E-state index in [1.54, 1.807) is 0 Å². The Hall–Kier alpha value is -1.77. The quantitative estimate of drug-likeness (QED) is 0.196. The second kappa shape index (κ2) is 9.51. The molecule has 0 saturated carbocycles. The molecular formula is C15H18ClNO6S. The summed E-state index contributed by atoms with van der Waals surface area (Å²) in [5.41, 5.74) is 1.84. The van der Waals surface area contributed by atoms with Crippen molar-refractivity contribution in [3.8, 4) is 0 Å². The highest BCUT2D eigenvalue weighted by Crippen LogP contribution is 2.37. The van der Waals surface area contributed by atoms with Crippen LogP contribution in [0.3, 0.4) is 0 Å². The molecule has 1 rings (SSSR count). The van der Waals surface area contributed by atoms with Gasteiger partial charge >= 0.3 is 11.9 Å². The third-order valence-electron chi connectivity index (χ3n) is 3.55. The molecule has 0 aromatic heterocycles. The van der Waals surface area contributed by atoms with Crippen LogP contribution in [0.2, 0.25) is 5.02 Å². The molecule has 2 unspecified atom stereocenters. The molecule has 0 fully saturated rings. The van der Waals surface area contributed by atoms with Crippen LogP contribution in [0.25, 0.3) is 0 Å². The maximum absolute atomic E-state index is 11.5. The summed E-state index contributed by atoms with van der Waals surface area (Å²) in [5, 5.41) is 26.3. The molecule has 0 bridgehead atoms. The highest BCUT2D eigenvalue weighted by molar-refractivity contribution is 7.80. The average Bonchev–Trinajstić information content (AvgIpc) is 2.53. The molecule has 0 aliphatic rings. The number of hydroxylamine groups is 1. The van der Waals surface area contributed by atoms with Crippen LogP contribution in [0.5, 0.6) is 0 Å². The summed E-state index contributed by atoms with van der Waals surface area (Å²) in [6, 6.07) is 4.05. The monoisotopic (exact) mass is 375 g/mol. The van der Waals surface area contributed by atoms with Crippen LogP contribution in [-0.4, -0.2) is 33.3 Å². The fourth-order valence-corrected chi connectivity index (χ4v) is 3.04. The molecule has 4 N–H and O–H groups in total. The second-order valence-corrected chi connectivity index (χ2v) is 6.18. The van der Waals surface area contributed by atoms with Crippen molar-refractivity contribution in [2.75, 3.05) is 0 Å². The van der Waals surface area contributed by atoms with Crippen LogP contribution >= 0.6 is 24.2 Å². The van der Waals surface area contributed by atoms with Gasteiger partial charge in [0, 0.05) is 16.7 Å². The van der Waals surface area contributed by atoms with Crippen LogP contribution in [0, 0.1) is 5.92 Å². The summed E-state index contributed by atoms with van der Waals surface area (Å²) < 4.78 is 0. The highest BCUT2D eigenvalue weighted by Gasteiger charge is 2.28. The Labute approximate surface area is 149 Å². The molecule has 0 aliphatic carbocycles. The van der Waals surface area contributed by atoms with Gasteiger partial charge in [-0.3, -0.25) is 14.8 Å². The number of unbranched alkanes of at least 4 members (excludes halogenated alkanes) is 1. The number of carboxylic acids is 2. The first-order chi connectivity index (χ1) is 11.3. The van der Waals surface area contributed by atoms with Gasteiger partial charge in [-0.25, -0.2) is 10.3 Å². The van der Waals surface area contributed by atoms with Crippen LogP contribution in [-0.2, 0) is 9.59 Å². The normalized spacial score (nSPS) is 13.1. The van der Waals surface area contributed by atoms with Crippen molar-refractivity contribution < 1.29 is 29.8 Å². The fraction of sp³-hybridized carbons (Fsp3) is 0.400. The molecule has 1 amide bonds. The molecule has 7 nitrogen and oxygen atoms in total. The molecule has 9 heteroatoms. The lowest BCUT2D eigenvalue weighted by Crippen LogP contribution is -2.20. The fourth-order valence-electron chi connectivity index (χ4n) is 2.24. The van der Waals surface area contributed by atoms with E-state index in [1.807, 2.05) is 0 Å². The second-order valence-electron chi connectivity index (χ2n) is 5.21. The number of amides is 1. The van der Waals surface area contributed by atoms with E-state index >= 15 is 0 Å². The number of benzene rings is 1. The molecule has 24 heavy (non-hydrogen) atoms. The summed E-state index contributed by atoms with van der Waals surface area (Å²) in [6.07, 6.45) is 1.14. The standard InChI is InChI=1S/C15H18ClNO6S/c16-11-6-5-8(14(19)20)7-10(11)13(24)9(15(21)22)3-1-2-4-12(18)17-23/h5-7,9,13,23-24H,1-4H2,(H,17,18)(H,19,20)(H,21,22). The maximum atomic E-state index is 11.5. The zero-order chi connectivity index (χ0) is 18.3. The number of rotatable bonds is 9. The summed E-state index contributed by atoms with van der Waals surface area (Å²) in [4.78, 5) is 33.5. The van der Waals surface area contributed by atoms with Crippen LogP contribution in [0.15, 0.2) is 18.2 Å². The number of hydrogen-bond donors (Lipinski definition) is 5. The summed E-state index contributed by atoms with van der Waals surface area (Å²) in [6.45, 7) is 0. The van der Waals surface area contributed by atoms with Crippen LogP contribution in [0.1, 0.15) is 46.9 Å². The Morgan fingerprint density at radius 2 is 1.88 bits per heavy atom. The van der Waals surface area contributed by atoms with Gasteiger partial charge in [0.05, 0.1) is 11.5 Å². The topological polar surface area (TPSA) is 124 Å². The third-order valence-corrected chi connectivity index (χ3v) is 4.54. The molecule has 0 saturated heterocycles. The van der Waals surface area contributed by atoms with E-state index in [-0.39, 0.29) is 23.4 Å². The minimum absolute atomic E-state index is 0.00259. The number of aromatic carboxylic acids is 1.